The quantitative estimate of drug-likeness (QED) is 0.656. The van der Waals surface area contributed by atoms with Gasteiger partial charge in [0.15, 0.2) is 0 Å². The molecule has 5 heteroatoms. The van der Waals surface area contributed by atoms with E-state index in [2.05, 4.69) is 5.32 Å². The summed E-state index contributed by atoms with van der Waals surface area (Å²) in [5.41, 5.74) is 2.02. The van der Waals surface area contributed by atoms with Gasteiger partial charge in [-0.15, -0.1) is 0 Å². The first-order valence-electron chi connectivity index (χ1n) is 9.23. The number of hydrogen-bond donors (Lipinski definition) is 1. The van der Waals surface area contributed by atoms with E-state index in [9.17, 15) is 9.59 Å². The predicted molar refractivity (Wildman–Crippen MR) is 106 cm³/mol. The fourth-order valence-electron chi connectivity index (χ4n) is 2.95. The molecule has 0 radical (unpaired) electrons. The molecule has 2 rings (SSSR count). The molecular weight excluding hydrogens is 340 g/mol. The number of carbonyl (C=O) groups is 2. The van der Waals surface area contributed by atoms with Crippen molar-refractivity contribution in [2.45, 2.75) is 32.4 Å². The number of amides is 2. The maximum atomic E-state index is 12.9. The Morgan fingerprint density at radius 1 is 1.00 bits per heavy atom. The van der Waals surface area contributed by atoms with Gasteiger partial charge in [-0.25, -0.2) is 0 Å². The van der Waals surface area contributed by atoms with Gasteiger partial charge in [0.25, 0.3) is 0 Å². The molecule has 0 aliphatic rings. The first-order chi connectivity index (χ1) is 13.1. The number of methoxy groups -OCH3 is 1. The van der Waals surface area contributed by atoms with Crippen LogP contribution in [-0.2, 0) is 27.3 Å². The van der Waals surface area contributed by atoms with Gasteiger partial charge in [0, 0.05) is 40.2 Å². The summed E-state index contributed by atoms with van der Waals surface area (Å²) in [5, 5.41) is 2.95. The van der Waals surface area contributed by atoms with Crippen LogP contribution in [0.5, 0.6) is 0 Å². The molecule has 5 nitrogen and oxygen atoms in total. The summed E-state index contributed by atoms with van der Waals surface area (Å²) < 4.78 is 5.03. The topological polar surface area (TPSA) is 58.6 Å². The Morgan fingerprint density at radius 2 is 1.59 bits per heavy atom. The Morgan fingerprint density at radius 3 is 2.15 bits per heavy atom. The highest BCUT2D eigenvalue weighted by Crippen LogP contribution is 2.14. The minimum atomic E-state index is -0.562. The Balaban J connectivity index is 2.18. The van der Waals surface area contributed by atoms with Crippen molar-refractivity contribution in [3.8, 4) is 0 Å². The molecule has 27 heavy (non-hydrogen) atoms. The highest BCUT2D eigenvalue weighted by atomic mass is 16.5. The molecule has 0 unspecified atom stereocenters. The summed E-state index contributed by atoms with van der Waals surface area (Å²) in [6.07, 6.45) is 1.21. The molecule has 144 valence electrons. The smallest absolute Gasteiger partial charge is 0.243 e. The van der Waals surface area contributed by atoms with Crippen LogP contribution in [-0.4, -0.2) is 43.0 Å². The van der Waals surface area contributed by atoms with Crippen molar-refractivity contribution < 1.29 is 14.3 Å². The molecule has 0 aromatic heterocycles. The molecule has 0 aliphatic carbocycles. The lowest BCUT2D eigenvalue weighted by atomic mass is 10.0. The zero-order valence-electron chi connectivity index (χ0n) is 16.1. The molecule has 0 heterocycles. The Hall–Kier alpha value is -2.66. The highest BCUT2D eigenvalue weighted by Gasteiger charge is 2.28. The summed E-state index contributed by atoms with van der Waals surface area (Å²) in [6.45, 7) is 3.03. The van der Waals surface area contributed by atoms with Gasteiger partial charge >= 0.3 is 0 Å². The van der Waals surface area contributed by atoms with Crippen molar-refractivity contribution in [1.82, 2.24) is 10.2 Å². The molecule has 0 saturated carbocycles. The van der Waals surface area contributed by atoms with E-state index in [-0.39, 0.29) is 11.8 Å². The third-order valence-corrected chi connectivity index (χ3v) is 4.38. The molecule has 0 fully saturated rings. The monoisotopic (exact) mass is 368 g/mol. The lowest BCUT2D eigenvalue weighted by Crippen LogP contribution is -2.50. The van der Waals surface area contributed by atoms with E-state index in [1.54, 1.807) is 12.0 Å². The van der Waals surface area contributed by atoms with Crippen LogP contribution < -0.4 is 5.32 Å². The van der Waals surface area contributed by atoms with Crippen LogP contribution in [0, 0.1) is 0 Å². The Kier molecular flexibility index (Phi) is 8.52. The summed E-state index contributed by atoms with van der Waals surface area (Å²) in [7, 11) is 1.64. The van der Waals surface area contributed by atoms with Crippen molar-refractivity contribution in [2.75, 3.05) is 20.3 Å². The van der Waals surface area contributed by atoms with Crippen molar-refractivity contribution in [1.29, 1.82) is 0 Å². The lowest BCUT2D eigenvalue weighted by molar-refractivity contribution is -0.139. The average molecular weight is 368 g/mol. The molecule has 0 aliphatic heterocycles. The van der Waals surface area contributed by atoms with Crippen LogP contribution in [0.3, 0.4) is 0 Å². The number of nitrogens with zero attached hydrogens (tertiary/aromatic N) is 1. The molecule has 1 N–H and O–H groups in total. The maximum Gasteiger partial charge on any atom is 0.243 e. The second-order valence-corrected chi connectivity index (χ2v) is 6.48. The number of rotatable bonds is 10. The molecule has 2 aromatic rings. The van der Waals surface area contributed by atoms with Crippen LogP contribution in [0.4, 0.5) is 0 Å². The van der Waals surface area contributed by atoms with Gasteiger partial charge in [0.1, 0.15) is 6.04 Å². The van der Waals surface area contributed by atoms with Crippen LogP contribution in [0.1, 0.15) is 24.5 Å². The average Bonchev–Trinajstić information content (AvgIpc) is 2.69. The summed E-state index contributed by atoms with van der Waals surface area (Å²) >= 11 is 0. The lowest BCUT2D eigenvalue weighted by Gasteiger charge is -2.30. The second kappa shape index (κ2) is 11.1. The van der Waals surface area contributed by atoms with Crippen molar-refractivity contribution in [3.63, 3.8) is 0 Å². The van der Waals surface area contributed by atoms with E-state index in [0.717, 1.165) is 17.5 Å². The maximum absolute atomic E-state index is 12.9. The molecule has 1 atom stereocenters. The second-order valence-electron chi connectivity index (χ2n) is 6.48. The normalized spacial score (nSPS) is 11.6. The third kappa shape index (κ3) is 6.87. The number of hydrogen-bond acceptors (Lipinski definition) is 3. The first-order valence-corrected chi connectivity index (χ1v) is 9.23. The molecule has 0 bridgehead atoms. The van der Waals surface area contributed by atoms with Crippen LogP contribution in [0.25, 0.3) is 0 Å². The summed E-state index contributed by atoms with van der Waals surface area (Å²) in [4.78, 5) is 26.9. The van der Waals surface area contributed by atoms with E-state index in [1.165, 1.54) is 6.92 Å². The first kappa shape index (κ1) is 20.6. The largest absolute Gasteiger partial charge is 0.385 e. The minimum Gasteiger partial charge on any atom is -0.385 e. The molecule has 0 spiro atoms. The fourth-order valence-corrected chi connectivity index (χ4v) is 2.95. The van der Waals surface area contributed by atoms with Gasteiger partial charge < -0.3 is 15.0 Å². The van der Waals surface area contributed by atoms with Gasteiger partial charge in [-0.1, -0.05) is 60.7 Å². The van der Waals surface area contributed by atoms with E-state index >= 15 is 0 Å². The van der Waals surface area contributed by atoms with Gasteiger partial charge in [0.05, 0.1) is 0 Å². The highest BCUT2D eigenvalue weighted by molar-refractivity contribution is 5.87. The minimum absolute atomic E-state index is 0.119. The molecule has 2 amide bonds. The zero-order valence-corrected chi connectivity index (χ0v) is 16.1. The fraction of sp³-hybridized carbons (Fsp3) is 0.364. The van der Waals surface area contributed by atoms with Gasteiger partial charge in [-0.05, 0) is 17.5 Å². The summed E-state index contributed by atoms with van der Waals surface area (Å²) in [6, 6.07) is 19.0. The van der Waals surface area contributed by atoms with Gasteiger partial charge in [-0.3, -0.25) is 9.59 Å². The van der Waals surface area contributed by atoms with E-state index in [0.29, 0.717) is 26.1 Å². The standard InChI is InChI=1S/C22H28N2O3/c1-18(25)24(17-20-12-7-4-8-13-20)21(16-19-10-5-3-6-11-19)22(26)23-14-9-15-27-2/h3-8,10-13,21H,9,14-17H2,1-2H3,(H,23,26)/t21-/m1/s1. The third-order valence-electron chi connectivity index (χ3n) is 4.38. The molecule has 0 saturated heterocycles. The number of ether oxygens (including phenoxy) is 1. The van der Waals surface area contributed by atoms with Crippen molar-refractivity contribution >= 4 is 11.8 Å². The SMILES string of the molecule is COCCCNC(=O)[C@@H](Cc1ccccc1)N(Cc1ccccc1)C(C)=O. The van der Waals surface area contributed by atoms with Crippen molar-refractivity contribution in [2.24, 2.45) is 0 Å². The van der Waals surface area contributed by atoms with E-state index in [4.69, 9.17) is 4.74 Å². The molecular formula is C22H28N2O3. The Bertz CT molecular complexity index is 704. The summed E-state index contributed by atoms with van der Waals surface area (Å²) in [5.74, 6) is -0.257. The van der Waals surface area contributed by atoms with Crippen LogP contribution >= 0.6 is 0 Å². The number of carbonyl (C=O) groups excluding carboxylic acids is 2. The van der Waals surface area contributed by atoms with Crippen LogP contribution in [0.2, 0.25) is 0 Å². The Labute approximate surface area is 161 Å². The number of nitrogens with one attached hydrogen (secondary N) is 1. The van der Waals surface area contributed by atoms with E-state index in [1.807, 2.05) is 60.7 Å². The zero-order chi connectivity index (χ0) is 19.5. The van der Waals surface area contributed by atoms with E-state index < -0.39 is 6.04 Å². The predicted octanol–water partition coefficient (Wildman–Crippen LogP) is 2.80. The van der Waals surface area contributed by atoms with Crippen molar-refractivity contribution in [3.05, 3.63) is 71.8 Å². The van der Waals surface area contributed by atoms with Crippen LogP contribution in [0.15, 0.2) is 60.7 Å². The molecule has 2 aromatic carbocycles. The number of benzene rings is 2. The van der Waals surface area contributed by atoms with Gasteiger partial charge in [0.2, 0.25) is 11.8 Å². The van der Waals surface area contributed by atoms with Gasteiger partial charge in [-0.2, -0.15) is 0 Å².